The number of oxazole rings is 1. The molecule has 0 radical (unpaired) electrons. The smallest absolute Gasteiger partial charge is 0.251 e. The van der Waals surface area contributed by atoms with Gasteiger partial charge in [0.05, 0.1) is 0 Å². The molecule has 0 saturated heterocycles. The van der Waals surface area contributed by atoms with E-state index in [1.54, 1.807) is 25.1 Å². The number of nitrogens with one attached hydrogen (secondary N) is 1. The zero-order valence-electron chi connectivity index (χ0n) is 11.5. The first-order chi connectivity index (χ1) is 8.91. The van der Waals surface area contributed by atoms with Crippen LogP contribution >= 0.6 is 0 Å². The third kappa shape index (κ3) is 3.12. The van der Waals surface area contributed by atoms with Crippen LogP contribution in [-0.4, -0.2) is 24.0 Å². The van der Waals surface area contributed by atoms with Crippen molar-refractivity contribution in [3.63, 3.8) is 0 Å². The molecule has 0 spiro atoms. The Morgan fingerprint density at radius 3 is 2.89 bits per heavy atom. The molecule has 0 saturated carbocycles. The molecule has 5 heteroatoms. The summed E-state index contributed by atoms with van der Waals surface area (Å²) >= 11 is 0. The summed E-state index contributed by atoms with van der Waals surface area (Å²) in [6, 6.07) is 5.23. The van der Waals surface area contributed by atoms with Crippen LogP contribution in [0.5, 0.6) is 0 Å². The minimum absolute atomic E-state index is 0.107. The van der Waals surface area contributed by atoms with E-state index in [1.807, 2.05) is 13.8 Å². The second-order valence-electron chi connectivity index (χ2n) is 5.47. The Morgan fingerprint density at radius 2 is 2.21 bits per heavy atom. The predicted octanol–water partition coefficient (Wildman–Crippen LogP) is 1.85. The van der Waals surface area contributed by atoms with Crippen LogP contribution in [0.2, 0.25) is 0 Å². The van der Waals surface area contributed by atoms with E-state index >= 15 is 0 Å². The number of fused-ring (bicyclic) bond motifs is 1. The second kappa shape index (κ2) is 5.01. The fourth-order valence-electron chi connectivity index (χ4n) is 1.68. The fourth-order valence-corrected chi connectivity index (χ4v) is 1.68. The number of hydrogen-bond donors (Lipinski definition) is 2. The van der Waals surface area contributed by atoms with E-state index in [1.165, 1.54) is 0 Å². The number of amides is 1. The van der Waals surface area contributed by atoms with Crippen LogP contribution in [0.1, 0.15) is 30.1 Å². The summed E-state index contributed by atoms with van der Waals surface area (Å²) in [6.07, 6.45) is 0. The van der Waals surface area contributed by atoms with E-state index in [4.69, 9.17) is 10.2 Å². The van der Waals surface area contributed by atoms with E-state index in [-0.39, 0.29) is 11.3 Å². The van der Waals surface area contributed by atoms with E-state index in [0.717, 1.165) is 0 Å². The van der Waals surface area contributed by atoms with Crippen LogP contribution in [0.4, 0.5) is 0 Å². The van der Waals surface area contributed by atoms with Crippen LogP contribution in [-0.2, 0) is 0 Å². The second-order valence-corrected chi connectivity index (χ2v) is 5.47. The quantitative estimate of drug-likeness (QED) is 0.880. The summed E-state index contributed by atoms with van der Waals surface area (Å²) in [5.74, 6) is 0.473. The number of aryl methyl sites for hydroxylation is 1. The molecule has 0 unspecified atom stereocenters. The highest BCUT2D eigenvalue weighted by molar-refractivity contribution is 5.97. The van der Waals surface area contributed by atoms with Gasteiger partial charge in [0.1, 0.15) is 5.52 Å². The Hall–Kier alpha value is -1.88. The van der Waals surface area contributed by atoms with Crippen molar-refractivity contribution < 1.29 is 9.21 Å². The van der Waals surface area contributed by atoms with Gasteiger partial charge in [-0.1, -0.05) is 13.8 Å². The predicted molar refractivity (Wildman–Crippen MR) is 73.9 cm³/mol. The largest absolute Gasteiger partial charge is 0.441 e. The number of rotatable bonds is 4. The Balaban J connectivity index is 2.13. The van der Waals surface area contributed by atoms with Gasteiger partial charge in [-0.05, 0) is 30.2 Å². The number of hydrogen-bond acceptors (Lipinski definition) is 4. The first-order valence-corrected chi connectivity index (χ1v) is 6.27. The molecule has 0 fully saturated rings. The highest BCUT2D eigenvalue weighted by Gasteiger charge is 2.17. The average molecular weight is 261 g/mol. The van der Waals surface area contributed by atoms with Crippen molar-refractivity contribution in [2.45, 2.75) is 20.8 Å². The van der Waals surface area contributed by atoms with Gasteiger partial charge in [-0.15, -0.1) is 0 Å². The van der Waals surface area contributed by atoms with Gasteiger partial charge < -0.3 is 15.5 Å². The highest BCUT2D eigenvalue weighted by Crippen LogP contribution is 2.17. The number of carbonyl (C=O) groups excluding carboxylic acids is 1. The lowest BCUT2D eigenvalue weighted by molar-refractivity contribution is 0.0938. The summed E-state index contributed by atoms with van der Waals surface area (Å²) in [5.41, 5.74) is 7.49. The molecule has 102 valence electrons. The fraction of sp³-hybridized carbons (Fsp3) is 0.429. The third-order valence-corrected chi connectivity index (χ3v) is 3.04. The van der Waals surface area contributed by atoms with Crippen molar-refractivity contribution in [1.82, 2.24) is 10.3 Å². The number of carbonyl (C=O) groups is 1. The highest BCUT2D eigenvalue weighted by atomic mass is 16.3. The minimum Gasteiger partial charge on any atom is -0.441 e. The van der Waals surface area contributed by atoms with E-state index in [9.17, 15) is 4.79 Å². The Morgan fingerprint density at radius 1 is 1.47 bits per heavy atom. The molecule has 0 aliphatic rings. The van der Waals surface area contributed by atoms with Gasteiger partial charge in [-0.3, -0.25) is 4.79 Å². The van der Waals surface area contributed by atoms with Crippen molar-refractivity contribution in [2.24, 2.45) is 11.1 Å². The third-order valence-electron chi connectivity index (χ3n) is 3.04. The molecule has 0 aliphatic heterocycles. The van der Waals surface area contributed by atoms with Crippen molar-refractivity contribution >= 4 is 17.0 Å². The van der Waals surface area contributed by atoms with Crippen LogP contribution < -0.4 is 11.1 Å². The summed E-state index contributed by atoms with van der Waals surface area (Å²) in [6.45, 7) is 6.87. The molecular formula is C14H19N3O2. The average Bonchev–Trinajstić information content (AvgIpc) is 2.75. The first kappa shape index (κ1) is 13.5. The molecule has 19 heavy (non-hydrogen) atoms. The molecule has 1 heterocycles. The van der Waals surface area contributed by atoms with Crippen LogP contribution in [0.3, 0.4) is 0 Å². The van der Waals surface area contributed by atoms with Crippen LogP contribution in [0.15, 0.2) is 22.6 Å². The molecule has 5 nitrogen and oxygen atoms in total. The number of benzene rings is 1. The van der Waals surface area contributed by atoms with Gasteiger partial charge in [-0.2, -0.15) is 0 Å². The Kier molecular flexibility index (Phi) is 3.57. The lowest BCUT2D eigenvalue weighted by Gasteiger charge is -2.22. The molecule has 0 atom stereocenters. The molecular weight excluding hydrogens is 242 g/mol. The van der Waals surface area contributed by atoms with Gasteiger partial charge in [0.15, 0.2) is 11.5 Å². The van der Waals surface area contributed by atoms with Gasteiger partial charge in [0.25, 0.3) is 5.91 Å². The lowest BCUT2D eigenvalue weighted by atomic mass is 9.94. The SMILES string of the molecule is Cc1nc2cc(C(=O)NCC(C)(C)CN)ccc2o1. The summed E-state index contributed by atoms with van der Waals surface area (Å²) in [4.78, 5) is 16.3. The van der Waals surface area contributed by atoms with Crippen molar-refractivity contribution in [3.8, 4) is 0 Å². The normalized spacial score (nSPS) is 11.8. The lowest BCUT2D eigenvalue weighted by Crippen LogP contribution is -2.38. The number of nitrogens with zero attached hydrogens (tertiary/aromatic N) is 1. The standard InChI is InChI=1S/C14H19N3O2/c1-9-17-11-6-10(4-5-12(11)19-9)13(18)16-8-14(2,3)7-15/h4-6H,7-8,15H2,1-3H3,(H,16,18). The van der Waals surface area contributed by atoms with Gasteiger partial charge in [-0.25, -0.2) is 4.98 Å². The molecule has 1 amide bonds. The van der Waals surface area contributed by atoms with Crippen LogP contribution in [0, 0.1) is 12.3 Å². The van der Waals surface area contributed by atoms with E-state index in [2.05, 4.69) is 10.3 Å². The monoisotopic (exact) mass is 261 g/mol. The molecule has 3 N–H and O–H groups in total. The maximum Gasteiger partial charge on any atom is 0.251 e. The van der Waals surface area contributed by atoms with Crippen molar-refractivity contribution in [3.05, 3.63) is 29.7 Å². The Labute approximate surface area is 112 Å². The topological polar surface area (TPSA) is 81.2 Å². The Bertz CT molecular complexity index is 602. The van der Waals surface area contributed by atoms with Crippen LogP contribution in [0.25, 0.3) is 11.1 Å². The maximum atomic E-state index is 12.0. The molecule has 2 aromatic rings. The molecule has 0 aliphatic carbocycles. The number of aromatic nitrogens is 1. The van der Waals surface area contributed by atoms with E-state index in [0.29, 0.717) is 35.6 Å². The summed E-state index contributed by atoms with van der Waals surface area (Å²) in [7, 11) is 0. The minimum atomic E-state index is -0.121. The zero-order valence-corrected chi connectivity index (χ0v) is 11.5. The van der Waals surface area contributed by atoms with Gasteiger partial charge in [0, 0.05) is 19.0 Å². The van der Waals surface area contributed by atoms with Crippen molar-refractivity contribution in [2.75, 3.05) is 13.1 Å². The van der Waals surface area contributed by atoms with E-state index < -0.39 is 0 Å². The molecule has 1 aromatic heterocycles. The zero-order chi connectivity index (χ0) is 14.0. The maximum absolute atomic E-state index is 12.0. The summed E-state index contributed by atoms with van der Waals surface area (Å²) < 4.78 is 5.37. The first-order valence-electron chi connectivity index (χ1n) is 6.27. The summed E-state index contributed by atoms with van der Waals surface area (Å²) in [5, 5.41) is 2.88. The molecule has 2 rings (SSSR count). The van der Waals surface area contributed by atoms with Gasteiger partial charge >= 0.3 is 0 Å². The molecule has 0 bridgehead atoms. The molecule has 1 aromatic carbocycles. The van der Waals surface area contributed by atoms with Crippen molar-refractivity contribution in [1.29, 1.82) is 0 Å². The number of nitrogens with two attached hydrogens (primary N) is 1. The van der Waals surface area contributed by atoms with Gasteiger partial charge in [0.2, 0.25) is 0 Å².